The van der Waals surface area contributed by atoms with E-state index in [4.69, 9.17) is 10.5 Å². The number of ether oxygens (including phenoxy) is 1. The summed E-state index contributed by atoms with van der Waals surface area (Å²) in [4.78, 5) is 18.7. The van der Waals surface area contributed by atoms with Crippen LogP contribution in [-0.4, -0.2) is 35.3 Å². The summed E-state index contributed by atoms with van der Waals surface area (Å²) in [6.07, 6.45) is 4.51. The SMILES string of the molecule is CC(C)c1nc(NCCOC2CCC(N)CC2)cc(=O)[nH]1. The molecule has 0 aliphatic heterocycles. The van der Waals surface area contributed by atoms with Crippen molar-refractivity contribution in [2.75, 3.05) is 18.5 Å². The Morgan fingerprint density at radius 2 is 2.14 bits per heavy atom. The van der Waals surface area contributed by atoms with Crippen molar-refractivity contribution in [1.82, 2.24) is 9.97 Å². The Morgan fingerprint density at radius 1 is 1.43 bits per heavy atom. The van der Waals surface area contributed by atoms with E-state index in [1.165, 1.54) is 6.07 Å². The number of rotatable bonds is 6. The molecule has 6 heteroatoms. The van der Waals surface area contributed by atoms with Crippen LogP contribution < -0.4 is 16.6 Å². The van der Waals surface area contributed by atoms with Crippen molar-refractivity contribution in [3.8, 4) is 0 Å². The highest BCUT2D eigenvalue weighted by atomic mass is 16.5. The van der Waals surface area contributed by atoms with E-state index in [-0.39, 0.29) is 11.5 Å². The van der Waals surface area contributed by atoms with Crippen molar-refractivity contribution in [2.24, 2.45) is 5.73 Å². The predicted octanol–water partition coefficient (Wildman–Crippen LogP) is 1.59. The lowest BCUT2D eigenvalue weighted by Gasteiger charge is -2.26. The van der Waals surface area contributed by atoms with Crippen LogP contribution >= 0.6 is 0 Å². The summed E-state index contributed by atoms with van der Waals surface area (Å²) in [6, 6.07) is 1.82. The number of aromatic nitrogens is 2. The third kappa shape index (κ3) is 5.13. The first kappa shape index (κ1) is 16.0. The van der Waals surface area contributed by atoms with Gasteiger partial charge in [0.1, 0.15) is 11.6 Å². The lowest BCUT2D eigenvalue weighted by Crippen LogP contribution is -2.31. The van der Waals surface area contributed by atoms with Gasteiger partial charge in [0.05, 0.1) is 12.7 Å². The molecule has 0 aromatic carbocycles. The third-order valence-electron chi connectivity index (χ3n) is 3.79. The Bertz CT molecular complexity index is 493. The molecule has 0 saturated heterocycles. The number of nitrogens with two attached hydrogens (primary N) is 1. The fraction of sp³-hybridized carbons (Fsp3) is 0.733. The van der Waals surface area contributed by atoms with E-state index in [1.807, 2.05) is 13.8 Å². The van der Waals surface area contributed by atoms with E-state index < -0.39 is 0 Å². The molecule has 4 N–H and O–H groups in total. The molecule has 1 aromatic rings. The molecule has 0 bridgehead atoms. The van der Waals surface area contributed by atoms with Gasteiger partial charge in [0.25, 0.3) is 5.56 Å². The molecule has 0 radical (unpaired) electrons. The quantitative estimate of drug-likeness (QED) is 0.693. The molecular formula is C15H26N4O2. The standard InChI is InChI=1S/C15H26N4O2/c1-10(2)15-18-13(9-14(20)19-15)17-7-8-21-12-5-3-11(16)4-6-12/h9-12H,3-8,16H2,1-2H3,(H2,17,18,19,20). The third-order valence-corrected chi connectivity index (χ3v) is 3.79. The fourth-order valence-corrected chi connectivity index (χ4v) is 2.50. The molecule has 6 nitrogen and oxygen atoms in total. The number of aromatic amines is 1. The minimum absolute atomic E-state index is 0.126. The molecule has 1 fully saturated rings. The molecule has 2 rings (SSSR count). The first-order chi connectivity index (χ1) is 10.0. The van der Waals surface area contributed by atoms with E-state index in [1.54, 1.807) is 0 Å². The second-order valence-electron chi connectivity index (χ2n) is 6.00. The minimum atomic E-state index is -0.126. The summed E-state index contributed by atoms with van der Waals surface area (Å²) in [5, 5.41) is 3.15. The number of H-pyrrole nitrogens is 1. The molecule has 1 heterocycles. The summed E-state index contributed by atoms with van der Waals surface area (Å²) >= 11 is 0. The Morgan fingerprint density at radius 3 is 2.81 bits per heavy atom. The average molecular weight is 294 g/mol. The zero-order valence-corrected chi connectivity index (χ0v) is 12.9. The number of nitrogens with one attached hydrogen (secondary N) is 2. The second-order valence-corrected chi connectivity index (χ2v) is 6.00. The maximum absolute atomic E-state index is 11.5. The Kier molecular flexibility index (Phi) is 5.76. The molecule has 21 heavy (non-hydrogen) atoms. The minimum Gasteiger partial charge on any atom is -0.376 e. The molecule has 0 amide bonds. The highest BCUT2D eigenvalue weighted by Gasteiger charge is 2.18. The van der Waals surface area contributed by atoms with Gasteiger partial charge in [-0.1, -0.05) is 13.8 Å². The maximum Gasteiger partial charge on any atom is 0.252 e. The van der Waals surface area contributed by atoms with Gasteiger partial charge in [0, 0.05) is 24.6 Å². The van der Waals surface area contributed by atoms with Gasteiger partial charge in [-0.3, -0.25) is 4.79 Å². The van der Waals surface area contributed by atoms with Gasteiger partial charge in [-0.2, -0.15) is 0 Å². The van der Waals surface area contributed by atoms with E-state index in [0.29, 0.717) is 36.9 Å². The van der Waals surface area contributed by atoms with E-state index >= 15 is 0 Å². The lowest BCUT2D eigenvalue weighted by molar-refractivity contribution is 0.0313. The van der Waals surface area contributed by atoms with Crippen molar-refractivity contribution >= 4 is 5.82 Å². The molecule has 1 saturated carbocycles. The van der Waals surface area contributed by atoms with Gasteiger partial charge in [0.15, 0.2) is 0 Å². The summed E-state index contributed by atoms with van der Waals surface area (Å²) in [5.74, 6) is 1.51. The average Bonchev–Trinajstić information content (AvgIpc) is 2.45. The number of hydrogen-bond donors (Lipinski definition) is 3. The molecule has 0 spiro atoms. The molecule has 0 atom stereocenters. The van der Waals surface area contributed by atoms with Crippen molar-refractivity contribution in [3.05, 3.63) is 22.2 Å². The van der Waals surface area contributed by atoms with Crippen molar-refractivity contribution in [3.63, 3.8) is 0 Å². The van der Waals surface area contributed by atoms with Gasteiger partial charge in [0.2, 0.25) is 0 Å². The summed E-state index contributed by atoms with van der Waals surface area (Å²) in [5.41, 5.74) is 5.75. The fourth-order valence-electron chi connectivity index (χ4n) is 2.50. The van der Waals surface area contributed by atoms with E-state index in [0.717, 1.165) is 25.7 Å². The van der Waals surface area contributed by atoms with Crippen molar-refractivity contribution in [2.45, 2.75) is 57.6 Å². The molecule has 1 aliphatic rings. The van der Waals surface area contributed by atoms with Crippen molar-refractivity contribution in [1.29, 1.82) is 0 Å². The van der Waals surface area contributed by atoms with Crippen molar-refractivity contribution < 1.29 is 4.74 Å². The summed E-state index contributed by atoms with van der Waals surface area (Å²) in [6.45, 7) is 5.26. The maximum atomic E-state index is 11.5. The molecule has 118 valence electrons. The van der Waals surface area contributed by atoms with Gasteiger partial charge in [-0.05, 0) is 25.7 Å². The van der Waals surface area contributed by atoms with Crippen LogP contribution in [0.3, 0.4) is 0 Å². The molecular weight excluding hydrogens is 268 g/mol. The number of anilines is 1. The van der Waals surface area contributed by atoms with Crippen LogP contribution in [0.5, 0.6) is 0 Å². The van der Waals surface area contributed by atoms with Gasteiger partial charge in [-0.15, -0.1) is 0 Å². The highest BCUT2D eigenvalue weighted by molar-refractivity contribution is 5.33. The Labute approximate surface area is 125 Å². The van der Waals surface area contributed by atoms with Crippen LogP contribution in [0.2, 0.25) is 0 Å². The van der Waals surface area contributed by atoms with E-state index in [2.05, 4.69) is 15.3 Å². The molecule has 1 aromatic heterocycles. The second kappa shape index (κ2) is 7.56. The summed E-state index contributed by atoms with van der Waals surface area (Å²) in [7, 11) is 0. The Hall–Kier alpha value is -1.40. The number of hydrogen-bond acceptors (Lipinski definition) is 5. The predicted molar refractivity (Wildman–Crippen MR) is 83.6 cm³/mol. The van der Waals surface area contributed by atoms with E-state index in [9.17, 15) is 4.79 Å². The van der Waals surface area contributed by atoms with Gasteiger partial charge >= 0.3 is 0 Å². The van der Waals surface area contributed by atoms with Crippen LogP contribution in [0.25, 0.3) is 0 Å². The lowest BCUT2D eigenvalue weighted by atomic mass is 9.94. The normalized spacial score (nSPS) is 22.5. The first-order valence-electron chi connectivity index (χ1n) is 7.77. The highest BCUT2D eigenvalue weighted by Crippen LogP contribution is 2.19. The molecule has 0 unspecified atom stereocenters. The summed E-state index contributed by atoms with van der Waals surface area (Å²) < 4.78 is 5.83. The van der Waals surface area contributed by atoms with Gasteiger partial charge < -0.3 is 20.8 Å². The van der Waals surface area contributed by atoms with Gasteiger partial charge in [-0.25, -0.2) is 4.98 Å². The van der Waals surface area contributed by atoms with Crippen LogP contribution in [0.15, 0.2) is 10.9 Å². The smallest absolute Gasteiger partial charge is 0.252 e. The van der Waals surface area contributed by atoms with Crippen LogP contribution in [0.1, 0.15) is 51.3 Å². The van der Waals surface area contributed by atoms with Crippen LogP contribution in [-0.2, 0) is 4.74 Å². The monoisotopic (exact) mass is 294 g/mol. The first-order valence-corrected chi connectivity index (χ1v) is 7.77. The Balaban J connectivity index is 1.74. The number of nitrogens with zero attached hydrogens (tertiary/aromatic N) is 1. The van der Waals surface area contributed by atoms with Crippen LogP contribution in [0.4, 0.5) is 5.82 Å². The molecule has 1 aliphatic carbocycles. The topological polar surface area (TPSA) is 93.0 Å². The largest absolute Gasteiger partial charge is 0.376 e. The van der Waals surface area contributed by atoms with Crippen LogP contribution in [0, 0.1) is 0 Å². The zero-order chi connectivity index (χ0) is 15.2. The zero-order valence-electron chi connectivity index (χ0n) is 12.9.